The Labute approximate surface area is 110 Å². The summed E-state index contributed by atoms with van der Waals surface area (Å²) in [5, 5.41) is 0. The SMILES string of the molecule is CCC(C)N(C)Cc1ccc(C(N)=S)cc1C. The minimum Gasteiger partial charge on any atom is -0.389 e. The average Bonchev–Trinajstić information content (AvgIpc) is 2.30. The number of rotatable bonds is 5. The van der Waals surface area contributed by atoms with E-state index in [1.807, 2.05) is 6.07 Å². The molecule has 17 heavy (non-hydrogen) atoms. The maximum Gasteiger partial charge on any atom is 0.103 e. The van der Waals surface area contributed by atoms with Crippen LogP contribution in [0.3, 0.4) is 0 Å². The fourth-order valence-electron chi connectivity index (χ4n) is 1.76. The molecule has 0 aliphatic heterocycles. The van der Waals surface area contributed by atoms with Crippen molar-refractivity contribution in [3.63, 3.8) is 0 Å². The van der Waals surface area contributed by atoms with E-state index in [2.05, 4.69) is 44.9 Å². The van der Waals surface area contributed by atoms with Crippen LogP contribution in [0, 0.1) is 6.92 Å². The molecule has 2 nitrogen and oxygen atoms in total. The molecule has 1 rings (SSSR count). The molecule has 0 radical (unpaired) electrons. The van der Waals surface area contributed by atoms with E-state index >= 15 is 0 Å². The lowest BCUT2D eigenvalue weighted by molar-refractivity contribution is 0.243. The zero-order valence-corrected chi connectivity index (χ0v) is 12.0. The molecular weight excluding hydrogens is 228 g/mol. The molecule has 3 heteroatoms. The Morgan fingerprint density at radius 2 is 2.12 bits per heavy atom. The zero-order valence-electron chi connectivity index (χ0n) is 11.2. The largest absolute Gasteiger partial charge is 0.389 e. The van der Waals surface area contributed by atoms with Gasteiger partial charge in [0.15, 0.2) is 0 Å². The van der Waals surface area contributed by atoms with Crippen LogP contribution < -0.4 is 5.73 Å². The standard InChI is InChI=1S/C14H22N2S/c1-5-11(3)16(4)9-13-7-6-12(14(15)17)8-10(13)2/h6-8,11H,5,9H2,1-4H3,(H2,15,17). The molecule has 0 aliphatic carbocycles. The fourth-order valence-corrected chi connectivity index (χ4v) is 1.89. The van der Waals surface area contributed by atoms with Gasteiger partial charge in [-0.25, -0.2) is 0 Å². The summed E-state index contributed by atoms with van der Waals surface area (Å²) in [6.07, 6.45) is 1.17. The molecule has 0 saturated carbocycles. The predicted molar refractivity (Wildman–Crippen MR) is 78.3 cm³/mol. The monoisotopic (exact) mass is 250 g/mol. The van der Waals surface area contributed by atoms with Gasteiger partial charge in [0, 0.05) is 18.2 Å². The Kier molecular flexibility index (Phi) is 5.09. The summed E-state index contributed by atoms with van der Waals surface area (Å²) < 4.78 is 0. The van der Waals surface area contributed by atoms with Gasteiger partial charge in [0.25, 0.3) is 0 Å². The van der Waals surface area contributed by atoms with Crippen molar-refractivity contribution in [2.24, 2.45) is 5.73 Å². The molecule has 0 aliphatic rings. The minimum atomic E-state index is 0.468. The van der Waals surface area contributed by atoms with Gasteiger partial charge < -0.3 is 5.73 Å². The Morgan fingerprint density at radius 1 is 1.47 bits per heavy atom. The van der Waals surface area contributed by atoms with E-state index < -0.39 is 0 Å². The number of benzene rings is 1. The van der Waals surface area contributed by atoms with E-state index in [9.17, 15) is 0 Å². The average molecular weight is 250 g/mol. The van der Waals surface area contributed by atoms with Crippen molar-refractivity contribution in [3.05, 3.63) is 34.9 Å². The summed E-state index contributed by atoms with van der Waals surface area (Å²) in [7, 11) is 2.16. The summed E-state index contributed by atoms with van der Waals surface area (Å²) in [4.78, 5) is 2.83. The van der Waals surface area contributed by atoms with Crippen molar-refractivity contribution in [2.75, 3.05) is 7.05 Å². The zero-order chi connectivity index (χ0) is 13.0. The van der Waals surface area contributed by atoms with Gasteiger partial charge in [0.2, 0.25) is 0 Å². The second-order valence-electron chi connectivity index (χ2n) is 4.68. The van der Waals surface area contributed by atoms with Crippen LogP contribution in [0.2, 0.25) is 0 Å². The number of thiocarbonyl (C=S) groups is 1. The first-order valence-corrected chi connectivity index (χ1v) is 6.46. The number of aryl methyl sites for hydroxylation is 1. The normalized spacial score (nSPS) is 12.8. The van der Waals surface area contributed by atoms with Gasteiger partial charge in [0.1, 0.15) is 4.99 Å². The second kappa shape index (κ2) is 6.12. The first-order chi connectivity index (χ1) is 7.95. The van der Waals surface area contributed by atoms with Crippen LogP contribution >= 0.6 is 12.2 Å². The summed E-state index contributed by atoms with van der Waals surface area (Å²) in [6, 6.07) is 6.81. The van der Waals surface area contributed by atoms with Crippen molar-refractivity contribution >= 4 is 17.2 Å². The van der Waals surface area contributed by atoms with E-state index in [0.717, 1.165) is 12.1 Å². The molecule has 1 aromatic rings. The summed E-state index contributed by atoms with van der Waals surface area (Å²) in [5.41, 5.74) is 9.17. The van der Waals surface area contributed by atoms with E-state index in [0.29, 0.717) is 11.0 Å². The van der Waals surface area contributed by atoms with Crippen LogP contribution in [0.5, 0.6) is 0 Å². The molecule has 1 aromatic carbocycles. The number of hydrogen-bond acceptors (Lipinski definition) is 2. The Morgan fingerprint density at radius 3 is 2.59 bits per heavy atom. The lowest BCUT2D eigenvalue weighted by Crippen LogP contribution is -2.28. The Hall–Kier alpha value is -0.930. The molecule has 0 bridgehead atoms. The summed E-state index contributed by atoms with van der Waals surface area (Å²) >= 11 is 4.98. The summed E-state index contributed by atoms with van der Waals surface area (Å²) in [5.74, 6) is 0. The minimum absolute atomic E-state index is 0.468. The summed E-state index contributed by atoms with van der Waals surface area (Å²) in [6.45, 7) is 7.54. The molecule has 0 saturated heterocycles. The van der Waals surface area contributed by atoms with Crippen molar-refractivity contribution in [3.8, 4) is 0 Å². The molecule has 0 aromatic heterocycles. The van der Waals surface area contributed by atoms with Gasteiger partial charge >= 0.3 is 0 Å². The number of nitrogens with zero attached hydrogens (tertiary/aromatic N) is 1. The topological polar surface area (TPSA) is 29.3 Å². The Balaban J connectivity index is 2.82. The van der Waals surface area contributed by atoms with Crippen LogP contribution in [0.1, 0.15) is 37.0 Å². The third-order valence-corrected chi connectivity index (χ3v) is 3.63. The second-order valence-corrected chi connectivity index (χ2v) is 5.12. The van der Waals surface area contributed by atoms with Crippen molar-refractivity contribution in [2.45, 2.75) is 39.8 Å². The van der Waals surface area contributed by atoms with E-state index in [-0.39, 0.29) is 0 Å². The van der Waals surface area contributed by atoms with Crippen molar-refractivity contribution in [1.82, 2.24) is 4.90 Å². The van der Waals surface area contributed by atoms with Gasteiger partial charge in [-0.3, -0.25) is 4.90 Å². The van der Waals surface area contributed by atoms with Crippen molar-refractivity contribution < 1.29 is 0 Å². The first kappa shape index (κ1) is 14.1. The molecule has 0 spiro atoms. The first-order valence-electron chi connectivity index (χ1n) is 6.05. The Bertz CT molecular complexity index is 401. The van der Waals surface area contributed by atoms with E-state index in [1.165, 1.54) is 17.5 Å². The lowest BCUT2D eigenvalue weighted by Gasteiger charge is -2.24. The van der Waals surface area contributed by atoms with Gasteiger partial charge in [-0.05, 0) is 44.5 Å². The maximum atomic E-state index is 5.62. The lowest BCUT2D eigenvalue weighted by atomic mass is 10.0. The van der Waals surface area contributed by atoms with Crippen molar-refractivity contribution in [1.29, 1.82) is 0 Å². The van der Waals surface area contributed by atoms with Gasteiger partial charge in [0.05, 0.1) is 0 Å². The van der Waals surface area contributed by atoms with E-state index in [4.69, 9.17) is 18.0 Å². The number of hydrogen-bond donors (Lipinski definition) is 1. The van der Waals surface area contributed by atoms with Crippen LogP contribution in [-0.2, 0) is 6.54 Å². The van der Waals surface area contributed by atoms with Gasteiger partial charge in [-0.15, -0.1) is 0 Å². The maximum absolute atomic E-state index is 5.62. The molecule has 0 amide bonds. The van der Waals surface area contributed by atoms with E-state index in [1.54, 1.807) is 0 Å². The number of nitrogens with two attached hydrogens (primary N) is 1. The third kappa shape index (κ3) is 3.79. The highest BCUT2D eigenvalue weighted by molar-refractivity contribution is 7.80. The fraction of sp³-hybridized carbons (Fsp3) is 0.500. The van der Waals surface area contributed by atoms with Crippen LogP contribution in [0.4, 0.5) is 0 Å². The highest BCUT2D eigenvalue weighted by Crippen LogP contribution is 2.15. The molecule has 1 atom stereocenters. The smallest absolute Gasteiger partial charge is 0.103 e. The molecule has 1 unspecified atom stereocenters. The van der Waals surface area contributed by atoms with Crippen LogP contribution in [-0.4, -0.2) is 23.0 Å². The van der Waals surface area contributed by atoms with Gasteiger partial charge in [-0.1, -0.05) is 31.3 Å². The molecule has 0 fully saturated rings. The van der Waals surface area contributed by atoms with Crippen LogP contribution in [0.25, 0.3) is 0 Å². The highest BCUT2D eigenvalue weighted by Gasteiger charge is 2.09. The van der Waals surface area contributed by atoms with Gasteiger partial charge in [-0.2, -0.15) is 0 Å². The highest BCUT2D eigenvalue weighted by atomic mass is 32.1. The van der Waals surface area contributed by atoms with Crippen LogP contribution in [0.15, 0.2) is 18.2 Å². The quantitative estimate of drug-likeness (QED) is 0.815. The molecule has 0 heterocycles. The molecule has 94 valence electrons. The molecular formula is C14H22N2S. The molecule has 2 N–H and O–H groups in total. The predicted octanol–water partition coefficient (Wildman–Crippen LogP) is 2.86. The third-order valence-electron chi connectivity index (χ3n) is 3.39.